The van der Waals surface area contributed by atoms with E-state index in [9.17, 15) is 0 Å². The maximum atomic E-state index is 2.51. The van der Waals surface area contributed by atoms with E-state index in [1.54, 1.807) is 0 Å². The maximum absolute atomic E-state index is 2.51. The molecule has 0 aromatic rings. The lowest BCUT2D eigenvalue weighted by molar-refractivity contribution is 0.357. The van der Waals surface area contributed by atoms with Crippen LogP contribution in [0.3, 0.4) is 0 Å². The summed E-state index contributed by atoms with van der Waals surface area (Å²) in [6.45, 7) is 2.29. The van der Waals surface area contributed by atoms with Gasteiger partial charge in [0.15, 0.2) is 0 Å². The molecule has 0 aromatic carbocycles. The second-order valence-corrected chi connectivity index (χ2v) is 4.33. The minimum absolute atomic E-state index is 0. The Kier molecular flexibility index (Phi) is 2.92. The van der Waals surface area contributed by atoms with Crippen LogP contribution in [0.5, 0.6) is 0 Å². The van der Waals surface area contributed by atoms with Gasteiger partial charge in [-0.05, 0) is 37.0 Å². The molecule has 0 N–H and O–H groups in total. The number of allylic oxidation sites excluding steroid dienone is 2. The van der Waals surface area contributed by atoms with E-state index in [-0.39, 0.29) is 4.70 Å². The van der Waals surface area contributed by atoms with Gasteiger partial charge in [-0.2, -0.15) is 0 Å². The van der Waals surface area contributed by atoms with Gasteiger partial charge in [0.05, 0.1) is 0 Å². The summed E-state index contributed by atoms with van der Waals surface area (Å²) in [5.41, 5.74) is 0.681. The van der Waals surface area contributed by atoms with Crippen molar-refractivity contribution in [3.63, 3.8) is 0 Å². The van der Waals surface area contributed by atoms with Crippen molar-refractivity contribution in [1.29, 1.82) is 0 Å². The van der Waals surface area contributed by atoms with Gasteiger partial charge < -0.3 is 0 Å². The van der Waals surface area contributed by atoms with Crippen LogP contribution in [0, 0.1) is 11.3 Å². The molecule has 0 aromatic heterocycles. The lowest BCUT2D eigenvalue weighted by atomic mass is 9.83. The lowest BCUT2D eigenvalue weighted by Crippen LogP contribution is -2.10. The van der Waals surface area contributed by atoms with Crippen molar-refractivity contribution in [3.05, 3.63) is 12.2 Å². The molecule has 2 atom stereocenters. The summed E-state index contributed by atoms with van der Waals surface area (Å²) < 4.78 is 0. The van der Waals surface area contributed by atoms with E-state index < -0.39 is 0 Å². The van der Waals surface area contributed by atoms with Crippen molar-refractivity contribution < 1.29 is 4.70 Å². The second-order valence-electron chi connectivity index (χ2n) is 4.33. The van der Waals surface area contributed by atoms with Crippen molar-refractivity contribution in [2.75, 3.05) is 0 Å². The average molecular weight is 170 g/mol. The van der Waals surface area contributed by atoms with Gasteiger partial charge in [0.1, 0.15) is 0 Å². The molecule has 1 saturated carbocycles. The summed E-state index contributed by atoms with van der Waals surface area (Å²) >= 11 is 0. The smallest absolute Gasteiger partial charge is 0.0112 e. The predicted molar refractivity (Wildman–Crippen MR) is 50.9 cm³/mol. The normalized spacial score (nSPS) is 36.9. The Morgan fingerprint density at radius 3 is 2.75 bits per heavy atom. The van der Waals surface area contributed by atoms with Crippen LogP contribution in [-0.2, 0) is 0 Å². The first-order valence-corrected chi connectivity index (χ1v) is 5.04. The zero-order valence-electron chi connectivity index (χ0n) is 7.88. The van der Waals surface area contributed by atoms with Gasteiger partial charge in [-0.15, -0.1) is 0 Å². The first-order chi connectivity index (χ1) is 5.35. The third-order valence-corrected chi connectivity index (χ3v) is 3.43. The molecule has 0 aliphatic heterocycles. The number of unbranched alkanes of at least 4 members (excludes halogenated alkanes) is 1. The van der Waals surface area contributed by atoms with E-state index in [1.165, 1.54) is 38.5 Å². The molecule has 0 amide bonds. The molecule has 1 fully saturated rings. The maximum Gasteiger partial charge on any atom is -0.0112 e. The van der Waals surface area contributed by atoms with Crippen LogP contribution in [-0.4, -0.2) is 0 Å². The fourth-order valence-corrected chi connectivity index (χ4v) is 2.69. The van der Waals surface area contributed by atoms with Gasteiger partial charge in [-0.3, -0.25) is 4.70 Å². The molecule has 2 rings (SSSR count). The van der Waals surface area contributed by atoms with Crippen LogP contribution in [0.1, 0.15) is 45.4 Å². The third-order valence-electron chi connectivity index (χ3n) is 3.43. The van der Waals surface area contributed by atoms with E-state index in [4.69, 9.17) is 0 Å². The molecule has 2 unspecified atom stereocenters. The fraction of sp³-hybridized carbons (Fsp3) is 0.818. The van der Waals surface area contributed by atoms with Gasteiger partial charge in [0, 0.05) is 0 Å². The van der Waals surface area contributed by atoms with E-state index in [0.29, 0.717) is 5.41 Å². The first kappa shape index (κ1) is 9.76. The van der Waals surface area contributed by atoms with Crippen molar-refractivity contribution in [3.8, 4) is 0 Å². The zero-order chi connectivity index (χ0) is 7.73. The topological polar surface area (TPSA) is 0 Å². The molecule has 0 radical (unpaired) electrons. The molecule has 1 heteroatoms. The van der Waals surface area contributed by atoms with Gasteiger partial charge in [-0.25, -0.2) is 0 Å². The van der Waals surface area contributed by atoms with Crippen LogP contribution in [0.4, 0.5) is 4.70 Å². The highest BCUT2D eigenvalue weighted by atomic mass is 19.0. The molecular formula is C11H19F. The van der Waals surface area contributed by atoms with Crippen LogP contribution in [0.25, 0.3) is 0 Å². The zero-order valence-corrected chi connectivity index (χ0v) is 7.88. The van der Waals surface area contributed by atoms with Crippen LogP contribution in [0.15, 0.2) is 12.2 Å². The SMILES string of the molecule is CCCCC12C=CC(CC1)C2.F. The Balaban J connectivity index is 0.000000720. The molecule has 0 nitrogen and oxygen atoms in total. The van der Waals surface area contributed by atoms with Crippen molar-refractivity contribution in [1.82, 2.24) is 0 Å². The minimum atomic E-state index is 0. The molecular weight excluding hydrogens is 151 g/mol. The monoisotopic (exact) mass is 170 g/mol. The van der Waals surface area contributed by atoms with E-state index in [2.05, 4.69) is 19.1 Å². The Morgan fingerprint density at radius 1 is 1.50 bits per heavy atom. The highest BCUT2D eigenvalue weighted by Gasteiger charge is 2.39. The largest absolute Gasteiger partial charge is 0.269 e. The molecule has 12 heavy (non-hydrogen) atoms. The van der Waals surface area contributed by atoms with Gasteiger partial charge in [0.2, 0.25) is 0 Å². The quantitative estimate of drug-likeness (QED) is 0.567. The molecule has 2 aliphatic carbocycles. The second kappa shape index (κ2) is 3.59. The van der Waals surface area contributed by atoms with E-state index in [1.807, 2.05) is 0 Å². The summed E-state index contributed by atoms with van der Waals surface area (Å²) in [6, 6.07) is 0. The Morgan fingerprint density at radius 2 is 2.33 bits per heavy atom. The number of fused-ring (bicyclic) bond motifs is 2. The Hall–Kier alpha value is -0.330. The molecule has 0 heterocycles. The van der Waals surface area contributed by atoms with Crippen molar-refractivity contribution in [2.24, 2.45) is 11.3 Å². The summed E-state index contributed by atoms with van der Waals surface area (Å²) in [4.78, 5) is 0. The summed E-state index contributed by atoms with van der Waals surface area (Å²) in [7, 11) is 0. The predicted octanol–water partition coefficient (Wildman–Crippen LogP) is 3.69. The lowest BCUT2D eigenvalue weighted by Gasteiger charge is -2.22. The summed E-state index contributed by atoms with van der Waals surface area (Å²) in [5.74, 6) is 0.965. The molecule has 2 bridgehead atoms. The Bertz CT molecular complexity index is 174. The van der Waals surface area contributed by atoms with Gasteiger partial charge in [0.25, 0.3) is 0 Å². The minimum Gasteiger partial charge on any atom is -0.269 e. The highest BCUT2D eigenvalue weighted by Crippen LogP contribution is 2.51. The van der Waals surface area contributed by atoms with E-state index >= 15 is 0 Å². The summed E-state index contributed by atoms with van der Waals surface area (Å²) in [6.07, 6.45) is 13.6. The van der Waals surface area contributed by atoms with Crippen molar-refractivity contribution in [2.45, 2.75) is 45.4 Å². The van der Waals surface area contributed by atoms with Crippen molar-refractivity contribution >= 4 is 0 Å². The highest BCUT2D eigenvalue weighted by molar-refractivity contribution is 5.15. The number of halogens is 1. The third kappa shape index (κ3) is 1.55. The average Bonchev–Trinajstić information content (AvgIpc) is 2.60. The molecule has 2 aliphatic rings. The standard InChI is InChI=1S/C11H18.FH/c1-2-3-6-11-7-4-10(9-11)5-8-11;/h4,7,10H,2-3,5-6,8-9H2,1H3;1H. The first-order valence-electron chi connectivity index (χ1n) is 5.04. The number of hydrogen-bond acceptors (Lipinski definition) is 0. The Labute approximate surface area is 74.4 Å². The van der Waals surface area contributed by atoms with Gasteiger partial charge >= 0.3 is 0 Å². The fourth-order valence-electron chi connectivity index (χ4n) is 2.69. The summed E-state index contributed by atoms with van der Waals surface area (Å²) in [5, 5.41) is 0. The van der Waals surface area contributed by atoms with Crippen LogP contribution >= 0.6 is 0 Å². The van der Waals surface area contributed by atoms with Gasteiger partial charge in [-0.1, -0.05) is 31.9 Å². The molecule has 0 spiro atoms. The number of rotatable bonds is 3. The van der Waals surface area contributed by atoms with Crippen LogP contribution < -0.4 is 0 Å². The van der Waals surface area contributed by atoms with E-state index in [0.717, 1.165) is 5.92 Å². The number of hydrogen-bond donors (Lipinski definition) is 0. The van der Waals surface area contributed by atoms with Crippen LogP contribution in [0.2, 0.25) is 0 Å². The molecule has 70 valence electrons. The molecule has 0 saturated heterocycles.